The highest BCUT2D eigenvalue weighted by molar-refractivity contribution is 6.05. The number of nitrogens with zero attached hydrogens (tertiary/aromatic N) is 3. The van der Waals surface area contributed by atoms with Crippen LogP contribution in [0.15, 0.2) is 60.9 Å². The molecule has 2 aromatic carbocycles. The summed E-state index contributed by atoms with van der Waals surface area (Å²) in [4.78, 5) is 28.6. The zero-order valence-corrected chi connectivity index (χ0v) is 15.1. The molecule has 0 saturated heterocycles. The summed E-state index contributed by atoms with van der Waals surface area (Å²) in [5.74, 6) is 0.831. The van der Waals surface area contributed by atoms with E-state index in [9.17, 15) is 4.79 Å². The Morgan fingerprint density at radius 3 is 2.68 bits per heavy atom. The van der Waals surface area contributed by atoms with E-state index >= 15 is 0 Å². The van der Waals surface area contributed by atoms with E-state index in [1.54, 1.807) is 30.6 Å². The Morgan fingerprint density at radius 2 is 1.86 bits per heavy atom. The summed E-state index contributed by atoms with van der Waals surface area (Å²) in [6.07, 6.45) is 1.54. The Bertz CT molecular complexity index is 1110. The van der Waals surface area contributed by atoms with Crippen molar-refractivity contribution in [3.8, 4) is 5.75 Å². The average Bonchev–Trinajstić information content (AvgIpc) is 3.21. The molecule has 28 heavy (non-hydrogen) atoms. The number of aromatic amines is 1. The van der Waals surface area contributed by atoms with E-state index in [2.05, 4.69) is 30.6 Å². The lowest BCUT2D eigenvalue weighted by molar-refractivity contribution is 0.102. The number of rotatable bonds is 6. The fraction of sp³-hybridized carbons (Fsp3) is 0.100. The van der Waals surface area contributed by atoms with E-state index in [4.69, 9.17) is 4.74 Å². The molecule has 0 bridgehead atoms. The van der Waals surface area contributed by atoms with Gasteiger partial charge in [0, 0.05) is 6.54 Å². The lowest BCUT2D eigenvalue weighted by Crippen LogP contribution is -2.16. The van der Waals surface area contributed by atoms with Crippen LogP contribution in [-0.4, -0.2) is 33.0 Å². The number of ether oxygens (including phenoxy) is 1. The number of aromatic nitrogens is 4. The van der Waals surface area contributed by atoms with Gasteiger partial charge in [0.25, 0.3) is 5.91 Å². The van der Waals surface area contributed by atoms with E-state index < -0.39 is 0 Å². The molecule has 0 atom stereocenters. The summed E-state index contributed by atoms with van der Waals surface area (Å²) >= 11 is 0. The van der Waals surface area contributed by atoms with Gasteiger partial charge in [-0.05, 0) is 17.7 Å². The van der Waals surface area contributed by atoms with Gasteiger partial charge < -0.3 is 15.0 Å². The minimum Gasteiger partial charge on any atom is -0.496 e. The predicted octanol–water partition coefficient (Wildman–Crippen LogP) is 3.23. The maximum absolute atomic E-state index is 12.6. The molecular formula is C20H18N6O2. The number of para-hydroxylation sites is 1. The van der Waals surface area contributed by atoms with Crippen molar-refractivity contribution in [2.24, 2.45) is 0 Å². The van der Waals surface area contributed by atoms with E-state index in [-0.39, 0.29) is 11.9 Å². The molecule has 0 aliphatic carbocycles. The zero-order valence-electron chi connectivity index (χ0n) is 15.1. The number of H-pyrrole nitrogens is 1. The van der Waals surface area contributed by atoms with Gasteiger partial charge in [0.05, 0.1) is 19.0 Å². The topological polar surface area (TPSA) is 105 Å². The summed E-state index contributed by atoms with van der Waals surface area (Å²) in [6, 6.07) is 16.9. The molecule has 0 radical (unpaired) electrons. The molecule has 1 amide bonds. The standard InChI is InChI=1S/C20H18N6O2/c1-28-15-10-6-5-9-14(15)19(27)26-20-24-17(16-18(25-20)23-12-22-16)21-11-13-7-3-2-4-8-13/h2-10,12H,11H2,1H3,(H3,21,22,23,24,25,26,27). The number of carbonyl (C=O) groups is 1. The molecule has 4 rings (SSSR count). The number of fused-ring (bicyclic) bond motifs is 1. The highest BCUT2D eigenvalue weighted by Crippen LogP contribution is 2.22. The van der Waals surface area contributed by atoms with Crippen molar-refractivity contribution in [3.05, 3.63) is 72.1 Å². The summed E-state index contributed by atoms with van der Waals surface area (Å²) < 4.78 is 5.24. The number of anilines is 2. The van der Waals surface area contributed by atoms with Crippen molar-refractivity contribution in [3.63, 3.8) is 0 Å². The van der Waals surface area contributed by atoms with Crippen LogP contribution in [0.2, 0.25) is 0 Å². The smallest absolute Gasteiger partial charge is 0.261 e. The second-order valence-electron chi connectivity index (χ2n) is 5.99. The number of imidazole rings is 1. The first-order valence-corrected chi connectivity index (χ1v) is 8.68. The molecule has 4 aromatic rings. The second kappa shape index (κ2) is 7.75. The lowest BCUT2D eigenvalue weighted by Gasteiger charge is -2.10. The molecule has 0 spiro atoms. The molecule has 2 heterocycles. The first-order chi connectivity index (χ1) is 13.7. The van der Waals surface area contributed by atoms with Crippen LogP contribution < -0.4 is 15.4 Å². The average molecular weight is 374 g/mol. The molecule has 8 nitrogen and oxygen atoms in total. The van der Waals surface area contributed by atoms with Crippen LogP contribution in [0.1, 0.15) is 15.9 Å². The monoisotopic (exact) mass is 374 g/mol. The Balaban J connectivity index is 1.60. The zero-order chi connectivity index (χ0) is 19.3. The van der Waals surface area contributed by atoms with E-state index in [0.29, 0.717) is 34.8 Å². The molecule has 0 aliphatic heterocycles. The number of hydrogen-bond acceptors (Lipinski definition) is 6. The normalized spacial score (nSPS) is 10.6. The molecule has 0 fully saturated rings. The summed E-state index contributed by atoms with van der Waals surface area (Å²) in [6.45, 7) is 0.575. The first-order valence-electron chi connectivity index (χ1n) is 8.68. The number of nitrogens with one attached hydrogen (secondary N) is 3. The molecule has 0 saturated carbocycles. The molecule has 3 N–H and O–H groups in total. The number of amides is 1. The van der Waals surface area contributed by atoms with Crippen molar-refractivity contribution < 1.29 is 9.53 Å². The third-order valence-electron chi connectivity index (χ3n) is 4.17. The maximum Gasteiger partial charge on any atom is 0.261 e. The predicted molar refractivity (Wildman–Crippen MR) is 106 cm³/mol. The highest BCUT2D eigenvalue weighted by Gasteiger charge is 2.15. The number of methoxy groups -OCH3 is 1. The number of benzene rings is 2. The molecule has 0 aliphatic rings. The van der Waals surface area contributed by atoms with Gasteiger partial charge in [0.2, 0.25) is 5.95 Å². The Kier molecular flexibility index (Phi) is 4.83. The van der Waals surface area contributed by atoms with Gasteiger partial charge in [-0.2, -0.15) is 9.97 Å². The van der Waals surface area contributed by atoms with Crippen LogP contribution in [0, 0.1) is 0 Å². The van der Waals surface area contributed by atoms with Crippen LogP contribution in [-0.2, 0) is 6.54 Å². The van der Waals surface area contributed by atoms with Gasteiger partial charge in [-0.3, -0.25) is 10.1 Å². The Hall–Kier alpha value is -3.94. The van der Waals surface area contributed by atoms with Crippen LogP contribution in [0.4, 0.5) is 11.8 Å². The van der Waals surface area contributed by atoms with E-state index in [1.807, 2.05) is 30.3 Å². The van der Waals surface area contributed by atoms with E-state index in [1.165, 1.54) is 7.11 Å². The molecule has 140 valence electrons. The lowest BCUT2D eigenvalue weighted by atomic mass is 10.2. The van der Waals surface area contributed by atoms with Crippen LogP contribution in [0.25, 0.3) is 11.2 Å². The Morgan fingerprint density at radius 1 is 1.07 bits per heavy atom. The number of hydrogen-bond donors (Lipinski definition) is 3. The largest absolute Gasteiger partial charge is 0.496 e. The van der Waals surface area contributed by atoms with Crippen LogP contribution >= 0.6 is 0 Å². The third kappa shape index (κ3) is 3.61. The van der Waals surface area contributed by atoms with Gasteiger partial charge >= 0.3 is 0 Å². The van der Waals surface area contributed by atoms with E-state index in [0.717, 1.165) is 5.56 Å². The molecule has 2 aromatic heterocycles. The SMILES string of the molecule is COc1ccccc1C(=O)Nc1nc(NCc2ccccc2)c2[nH]cnc2n1. The highest BCUT2D eigenvalue weighted by atomic mass is 16.5. The van der Waals surface area contributed by atoms with Gasteiger partial charge in [-0.25, -0.2) is 4.98 Å². The number of carbonyl (C=O) groups excluding carboxylic acids is 1. The van der Waals surface area contributed by atoms with Crippen molar-refractivity contribution in [2.75, 3.05) is 17.7 Å². The summed E-state index contributed by atoms with van der Waals surface area (Å²) in [5.41, 5.74) is 2.63. The summed E-state index contributed by atoms with van der Waals surface area (Å²) in [5, 5.41) is 5.99. The van der Waals surface area contributed by atoms with Crippen LogP contribution in [0.3, 0.4) is 0 Å². The van der Waals surface area contributed by atoms with Gasteiger partial charge in [-0.1, -0.05) is 42.5 Å². The van der Waals surface area contributed by atoms with Gasteiger partial charge in [-0.15, -0.1) is 0 Å². The third-order valence-corrected chi connectivity index (χ3v) is 4.17. The second-order valence-corrected chi connectivity index (χ2v) is 5.99. The minimum atomic E-state index is -0.360. The molecular weight excluding hydrogens is 356 g/mol. The fourth-order valence-corrected chi connectivity index (χ4v) is 2.80. The Labute approximate surface area is 161 Å². The first kappa shape index (κ1) is 17.5. The van der Waals surface area contributed by atoms with Gasteiger partial charge in [0.15, 0.2) is 11.5 Å². The van der Waals surface area contributed by atoms with Crippen molar-refractivity contribution in [2.45, 2.75) is 6.54 Å². The van der Waals surface area contributed by atoms with Crippen molar-refractivity contribution >= 4 is 28.8 Å². The molecule has 8 heteroatoms. The van der Waals surface area contributed by atoms with Crippen molar-refractivity contribution in [1.29, 1.82) is 0 Å². The minimum absolute atomic E-state index is 0.158. The maximum atomic E-state index is 12.6. The quantitative estimate of drug-likeness (QED) is 0.479. The van der Waals surface area contributed by atoms with Crippen LogP contribution in [0.5, 0.6) is 5.75 Å². The fourth-order valence-electron chi connectivity index (χ4n) is 2.80. The van der Waals surface area contributed by atoms with Gasteiger partial charge in [0.1, 0.15) is 11.3 Å². The summed E-state index contributed by atoms with van der Waals surface area (Å²) in [7, 11) is 1.52. The molecule has 0 unspecified atom stereocenters. The van der Waals surface area contributed by atoms with Crippen molar-refractivity contribution in [1.82, 2.24) is 19.9 Å².